The molecule has 1 saturated carbocycles. The van der Waals surface area contributed by atoms with E-state index in [0.717, 1.165) is 25.7 Å². The molecule has 2 aliphatic rings. The lowest BCUT2D eigenvalue weighted by Gasteiger charge is -2.39. The second kappa shape index (κ2) is 7.25. The maximum Gasteiger partial charge on any atom is 0.227 e. The zero-order valence-electron chi connectivity index (χ0n) is 16.1. The SMILES string of the molecule is CC(CS(C)(=O)=O)N(C(=O)C1CCCN(C(=O)C(C)(C)C)C1)C1CC1. The first-order chi connectivity index (χ1) is 11.4. The third kappa shape index (κ3) is 5.43. The van der Waals surface area contributed by atoms with Gasteiger partial charge >= 0.3 is 0 Å². The van der Waals surface area contributed by atoms with E-state index in [-0.39, 0.29) is 35.6 Å². The molecule has 6 nitrogen and oxygen atoms in total. The van der Waals surface area contributed by atoms with Crippen LogP contribution in [0.2, 0.25) is 0 Å². The number of amides is 2. The average Bonchev–Trinajstić information content (AvgIpc) is 3.28. The molecule has 0 spiro atoms. The van der Waals surface area contributed by atoms with Crippen LogP contribution in [0.5, 0.6) is 0 Å². The summed E-state index contributed by atoms with van der Waals surface area (Å²) in [6.45, 7) is 8.65. The Bertz CT molecular complexity index is 619. The second-order valence-electron chi connectivity index (χ2n) is 8.76. The van der Waals surface area contributed by atoms with E-state index < -0.39 is 15.3 Å². The number of carbonyl (C=O) groups is 2. The summed E-state index contributed by atoms with van der Waals surface area (Å²) in [6, 6.07) is -0.151. The van der Waals surface area contributed by atoms with E-state index in [1.54, 1.807) is 9.80 Å². The number of nitrogens with zero attached hydrogens (tertiary/aromatic N) is 2. The van der Waals surface area contributed by atoms with Crippen LogP contribution < -0.4 is 0 Å². The van der Waals surface area contributed by atoms with Gasteiger partial charge in [-0.3, -0.25) is 9.59 Å². The molecule has 0 aromatic carbocycles. The van der Waals surface area contributed by atoms with Crippen molar-refractivity contribution in [3.63, 3.8) is 0 Å². The fourth-order valence-corrected chi connectivity index (χ4v) is 4.71. The molecule has 144 valence electrons. The molecule has 2 fully saturated rings. The predicted octanol–water partition coefficient (Wildman–Crippen LogP) is 1.70. The summed E-state index contributed by atoms with van der Waals surface area (Å²) in [5, 5.41) is 0. The van der Waals surface area contributed by atoms with Crippen LogP contribution in [0, 0.1) is 11.3 Å². The summed E-state index contributed by atoms with van der Waals surface area (Å²) in [4.78, 5) is 29.3. The van der Waals surface area contributed by atoms with E-state index in [2.05, 4.69) is 0 Å². The number of piperidine rings is 1. The molecule has 1 aliphatic heterocycles. The molecule has 2 amide bonds. The standard InChI is InChI=1S/C18H32N2O4S/c1-13(12-25(5,23)24)20(15-8-9-15)16(21)14-7-6-10-19(11-14)17(22)18(2,3)4/h13-15H,6-12H2,1-5H3. The van der Waals surface area contributed by atoms with Gasteiger partial charge in [0.2, 0.25) is 11.8 Å². The van der Waals surface area contributed by atoms with Crippen molar-refractivity contribution in [3.05, 3.63) is 0 Å². The van der Waals surface area contributed by atoms with Crippen LogP contribution in [0.3, 0.4) is 0 Å². The summed E-state index contributed by atoms with van der Waals surface area (Å²) < 4.78 is 23.3. The highest BCUT2D eigenvalue weighted by Gasteiger charge is 2.41. The van der Waals surface area contributed by atoms with Crippen molar-refractivity contribution >= 4 is 21.7 Å². The third-order valence-corrected chi connectivity index (χ3v) is 6.00. The molecular weight excluding hydrogens is 340 g/mol. The molecule has 0 N–H and O–H groups in total. The van der Waals surface area contributed by atoms with Gasteiger partial charge in [-0.05, 0) is 32.6 Å². The summed E-state index contributed by atoms with van der Waals surface area (Å²) in [6.07, 6.45) is 4.68. The van der Waals surface area contributed by atoms with Crippen molar-refractivity contribution in [3.8, 4) is 0 Å². The molecule has 1 aliphatic carbocycles. The van der Waals surface area contributed by atoms with Gasteiger partial charge in [0.15, 0.2) is 0 Å². The second-order valence-corrected chi connectivity index (χ2v) is 10.9. The lowest BCUT2D eigenvalue weighted by atomic mass is 9.90. The molecule has 2 atom stereocenters. The summed E-state index contributed by atoms with van der Waals surface area (Å²) in [7, 11) is -3.14. The van der Waals surface area contributed by atoms with Crippen LogP contribution in [0.25, 0.3) is 0 Å². The number of sulfone groups is 1. The van der Waals surface area contributed by atoms with Gasteiger partial charge in [-0.25, -0.2) is 8.42 Å². The Morgan fingerprint density at radius 2 is 1.80 bits per heavy atom. The zero-order chi connectivity index (χ0) is 19.0. The maximum absolute atomic E-state index is 13.1. The van der Waals surface area contributed by atoms with E-state index in [1.807, 2.05) is 27.7 Å². The highest BCUT2D eigenvalue weighted by atomic mass is 32.2. The minimum absolute atomic E-state index is 0.00735. The lowest BCUT2D eigenvalue weighted by Crippen LogP contribution is -2.52. The smallest absolute Gasteiger partial charge is 0.227 e. The maximum atomic E-state index is 13.1. The minimum atomic E-state index is -3.14. The Morgan fingerprint density at radius 1 is 1.20 bits per heavy atom. The van der Waals surface area contributed by atoms with Gasteiger partial charge in [-0.15, -0.1) is 0 Å². The fourth-order valence-electron chi connectivity index (χ4n) is 3.68. The molecule has 0 radical (unpaired) electrons. The highest BCUT2D eigenvalue weighted by Crippen LogP contribution is 2.32. The molecule has 0 aromatic rings. The quantitative estimate of drug-likeness (QED) is 0.736. The van der Waals surface area contributed by atoms with Gasteiger partial charge in [0.05, 0.1) is 11.7 Å². The Kier molecular flexibility index (Phi) is 5.86. The van der Waals surface area contributed by atoms with Crippen LogP contribution in [-0.2, 0) is 19.4 Å². The zero-order valence-corrected chi connectivity index (χ0v) is 16.9. The van der Waals surface area contributed by atoms with E-state index in [9.17, 15) is 18.0 Å². The van der Waals surface area contributed by atoms with Crippen LogP contribution in [0.15, 0.2) is 0 Å². The molecule has 2 unspecified atom stereocenters. The van der Waals surface area contributed by atoms with E-state index in [4.69, 9.17) is 0 Å². The molecule has 2 rings (SSSR count). The molecule has 0 bridgehead atoms. The van der Waals surface area contributed by atoms with Gasteiger partial charge in [0, 0.05) is 36.8 Å². The molecule has 0 aromatic heterocycles. The molecule has 7 heteroatoms. The van der Waals surface area contributed by atoms with Crippen LogP contribution >= 0.6 is 0 Å². The van der Waals surface area contributed by atoms with Crippen LogP contribution in [0.4, 0.5) is 0 Å². The minimum Gasteiger partial charge on any atom is -0.341 e. The van der Waals surface area contributed by atoms with Gasteiger partial charge in [-0.2, -0.15) is 0 Å². The predicted molar refractivity (Wildman–Crippen MR) is 97.8 cm³/mol. The third-order valence-electron chi connectivity index (χ3n) is 4.91. The largest absolute Gasteiger partial charge is 0.341 e. The van der Waals surface area contributed by atoms with Gasteiger partial charge in [-0.1, -0.05) is 20.8 Å². The van der Waals surface area contributed by atoms with Crippen LogP contribution in [0.1, 0.15) is 53.4 Å². The van der Waals surface area contributed by atoms with Gasteiger partial charge in [0.25, 0.3) is 0 Å². The van der Waals surface area contributed by atoms with Crippen molar-refractivity contribution < 1.29 is 18.0 Å². The van der Waals surface area contributed by atoms with E-state index in [1.165, 1.54) is 6.26 Å². The van der Waals surface area contributed by atoms with E-state index in [0.29, 0.717) is 13.1 Å². The number of hydrogen-bond acceptors (Lipinski definition) is 4. The van der Waals surface area contributed by atoms with Gasteiger partial charge < -0.3 is 9.80 Å². The Morgan fingerprint density at radius 3 is 2.28 bits per heavy atom. The van der Waals surface area contributed by atoms with Crippen molar-refractivity contribution in [2.45, 2.75) is 65.5 Å². The van der Waals surface area contributed by atoms with Crippen molar-refractivity contribution in [1.82, 2.24) is 9.80 Å². The topological polar surface area (TPSA) is 74.8 Å². The fraction of sp³-hybridized carbons (Fsp3) is 0.889. The number of rotatable bonds is 5. The normalized spacial score (nSPS) is 23.2. The van der Waals surface area contributed by atoms with Crippen molar-refractivity contribution in [2.24, 2.45) is 11.3 Å². The van der Waals surface area contributed by atoms with Crippen LogP contribution in [-0.4, -0.2) is 67.2 Å². The average molecular weight is 373 g/mol. The number of carbonyl (C=O) groups excluding carboxylic acids is 2. The first kappa shape index (κ1) is 20.2. The summed E-state index contributed by atoms with van der Waals surface area (Å²) in [5.41, 5.74) is -0.454. The Labute approximate surface area is 151 Å². The molecule has 1 heterocycles. The van der Waals surface area contributed by atoms with Crippen molar-refractivity contribution in [2.75, 3.05) is 25.1 Å². The molecular formula is C18H32N2O4S. The number of likely N-dealkylation sites (tertiary alicyclic amines) is 1. The van der Waals surface area contributed by atoms with Gasteiger partial charge in [0.1, 0.15) is 9.84 Å². The summed E-state index contributed by atoms with van der Waals surface area (Å²) in [5.74, 6) is -0.132. The lowest BCUT2D eigenvalue weighted by molar-refractivity contribution is -0.146. The van der Waals surface area contributed by atoms with E-state index >= 15 is 0 Å². The first-order valence-electron chi connectivity index (χ1n) is 9.19. The molecule has 25 heavy (non-hydrogen) atoms. The first-order valence-corrected chi connectivity index (χ1v) is 11.3. The summed E-state index contributed by atoms with van der Waals surface area (Å²) >= 11 is 0. The Balaban J connectivity index is 2.09. The number of hydrogen-bond donors (Lipinski definition) is 0. The molecule has 1 saturated heterocycles. The highest BCUT2D eigenvalue weighted by molar-refractivity contribution is 7.90. The monoisotopic (exact) mass is 372 g/mol. The Hall–Kier alpha value is -1.11. The van der Waals surface area contributed by atoms with Crippen molar-refractivity contribution in [1.29, 1.82) is 0 Å².